The summed E-state index contributed by atoms with van der Waals surface area (Å²) in [6.07, 6.45) is 3.86. The fourth-order valence-electron chi connectivity index (χ4n) is 4.39. The van der Waals surface area contributed by atoms with Gasteiger partial charge < -0.3 is 26.2 Å². The van der Waals surface area contributed by atoms with Gasteiger partial charge in [-0.2, -0.15) is 0 Å². The number of amides is 5. The summed E-state index contributed by atoms with van der Waals surface area (Å²) < 4.78 is 0. The lowest BCUT2D eigenvalue weighted by Crippen LogP contribution is -2.61. The zero-order valence-electron chi connectivity index (χ0n) is 25.0. The van der Waals surface area contributed by atoms with Crippen molar-refractivity contribution in [2.45, 2.75) is 77.9 Å². The molecule has 4 unspecified atom stereocenters. The van der Waals surface area contributed by atoms with E-state index in [4.69, 9.17) is 0 Å². The number of aromatic nitrogens is 1. The van der Waals surface area contributed by atoms with Gasteiger partial charge >= 0.3 is 6.03 Å². The molecule has 0 aliphatic carbocycles. The van der Waals surface area contributed by atoms with E-state index >= 15 is 0 Å². The molecule has 1 aromatic heterocycles. The molecule has 42 heavy (non-hydrogen) atoms. The Morgan fingerprint density at radius 3 is 2.40 bits per heavy atom. The van der Waals surface area contributed by atoms with Crippen molar-refractivity contribution in [3.63, 3.8) is 0 Å². The molecule has 0 radical (unpaired) electrons. The van der Waals surface area contributed by atoms with Gasteiger partial charge in [0.1, 0.15) is 17.5 Å². The predicted molar refractivity (Wildman–Crippen MR) is 163 cm³/mol. The summed E-state index contributed by atoms with van der Waals surface area (Å²) in [7, 11) is 0. The summed E-state index contributed by atoms with van der Waals surface area (Å²) in [6.45, 7) is 14.7. The van der Waals surface area contributed by atoms with Crippen molar-refractivity contribution in [2.24, 2.45) is 11.3 Å². The smallest absolute Gasteiger partial charge is 0.316 e. The van der Waals surface area contributed by atoms with Gasteiger partial charge in [0, 0.05) is 24.7 Å². The monoisotopic (exact) mass is 622 g/mol. The molecule has 12 nitrogen and oxygen atoms in total. The van der Waals surface area contributed by atoms with Gasteiger partial charge in [0.25, 0.3) is 11.7 Å². The van der Waals surface area contributed by atoms with Gasteiger partial charge in [-0.1, -0.05) is 47.6 Å². The molecule has 1 saturated heterocycles. The van der Waals surface area contributed by atoms with Crippen LogP contribution in [0, 0.1) is 11.3 Å². The number of ketones is 2. The Morgan fingerprint density at radius 1 is 1.17 bits per heavy atom. The van der Waals surface area contributed by atoms with Crippen LogP contribution in [0.15, 0.2) is 24.2 Å². The second-order valence-electron chi connectivity index (χ2n) is 11.2. The van der Waals surface area contributed by atoms with E-state index in [1.807, 2.05) is 0 Å². The van der Waals surface area contributed by atoms with Gasteiger partial charge in [-0.05, 0) is 29.9 Å². The molecule has 4 N–H and O–H groups in total. The second kappa shape index (κ2) is 15.8. The van der Waals surface area contributed by atoms with Crippen LogP contribution >= 0.6 is 23.1 Å². The summed E-state index contributed by atoms with van der Waals surface area (Å²) in [5, 5.41) is 11.3. The predicted octanol–water partition coefficient (Wildman–Crippen LogP) is 2.12. The van der Waals surface area contributed by atoms with Crippen molar-refractivity contribution in [3.8, 4) is 0 Å². The van der Waals surface area contributed by atoms with Crippen LogP contribution in [0.3, 0.4) is 0 Å². The molecule has 0 spiro atoms. The Hall–Kier alpha value is -3.26. The van der Waals surface area contributed by atoms with Gasteiger partial charge in [-0.15, -0.1) is 29.7 Å². The molecule has 0 aromatic carbocycles. The average molecular weight is 623 g/mol. The van der Waals surface area contributed by atoms with Gasteiger partial charge in [0.2, 0.25) is 17.6 Å². The number of nitrogens with one attached hydrogen (secondary N) is 4. The molecule has 0 saturated carbocycles. The van der Waals surface area contributed by atoms with E-state index in [1.165, 1.54) is 28.5 Å². The van der Waals surface area contributed by atoms with Crippen molar-refractivity contribution >= 4 is 58.4 Å². The van der Waals surface area contributed by atoms with Crippen molar-refractivity contribution in [1.82, 2.24) is 31.2 Å². The van der Waals surface area contributed by atoms with Crippen LogP contribution in [0.4, 0.5) is 4.79 Å². The van der Waals surface area contributed by atoms with E-state index in [0.29, 0.717) is 18.6 Å². The first kappa shape index (κ1) is 34.9. The highest BCUT2D eigenvalue weighted by Crippen LogP contribution is 2.26. The Kier molecular flexibility index (Phi) is 13.2. The molecule has 5 amide bonds. The van der Waals surface area contributed by atoms with Crippen LogP contribution in [-0.4, -0.2) is 87.5 Å². The van der Waals surface area contributed by atoms with Crippen molar-refractivity contribution in [2.75, 3.05) is 18.8 Å². The number of hydrogen-bond acceptors (Lipinski definition) is 9. The standard InChI is InChI=1S/C28H42N6O6S2/c1-8-12-29-23(38)20(36)25(41-9-2)33-22(37)17-11-10-14-34(17)26(39)21(28(5,6)7)32-27(40)31-18(16(3)4)19(35)24-30-13-15-42-24/h8,13,15-18,21,25H,1,9-12,14H2,2-7H3,(H,29,38)(H,33,37)(H2,31,32,40). The number of carbonyl (C=O) groups is 6. The zero-order chi connectivity index (χ0) is 31.6. The highest BCUT2D eigenvalue weighted by molar-refractivity contribution is 8.00. The highest BCUT2D eigenvalue weighted by atomic mass is 32.2. The normalized spacial score (nSPS) is 17.1. The van der Waals surface area contributed by atoms with Crippen LogP contribution in [0.5, 0.6) is 0 Å². The van der Waals surface area contributed by atoms with E-state index in [2.05, 4.69) is 32.8 Å². The highest BCUT2D eigenvalue weighted by Gasteiger charge is 2.43. The molecular weight excluding hydrogens is 580 g/mol. The quantitative estimate of drug-likeness (QED) is 0.106. The molecule has 232 valence electrons. The lowest BCUT2D eigenvalue weighted by Gasteiger charge is -2.36. The van der Waals surface area contributed by atoms with E-state index in [-0.39, 0.29) is 29.8 Å². The first-order valence-electron chi connectivity index (χ1n) is 13.9. The van der Waals surface area contributed by atoms with Crippen LogP contribution in [0.25, 0.3) is 0 Å². The fraction of sp³-hybridized carbons (Fsp3) is 0.607. The molecule has 1 aliphatic rings. The Labute approximate surface area is 255 Å². The van der Waals surface area contributed by atoms with Gasteiger partial charge in [-0.25, -0.2) is 9.78 Å². The number of urea groups is 1. The Bertz CT molecular complexity index is 1150. The maximum Gasteiger partial charge on any atom is 0.316 e. The SMILES string of the molecule is C=CCNC(=O)C(=O)C(NC(=O)C1CCCN1C(=O)C(NC(=O)NC(C(=O)c1nccs1)C(C)C)C(C)(C)C)SCC. The van der Waals surface area contributed by atoms with E-state index in [1.54, 1.807) is 46.9 Å². The van der Waals surface area contributed by atoms with Gasteiger partial charge in [0.15, 0.2) is 5.01 Å². The number of likely N-dealkylation sites (tertiary alicyclic amines) is 1. The molecule has 14 heteroatoms. The van der Waals surface area contributed by atoms with E-state index in [0.717, 1.165) is 11.8 Å². The molecule has 1 fully saturated rings. The summed E-state index contributed by atoms with van der Waals surface area (Å²) >= 11 is 2.28. The van der Waals surface area contributed by atoms with Crippen molar-refractivity contribution in [3.05, 3.63) is 29.2 Å². The number of thioether (sulfide) groups is 1. The van der Waals surface area contributed by atoms with Crippen LogP contribution in [0.2, 0.25) is 0 Å². The fourth-order valence-corrected chi connectivity index (χ4v) is 5.80. The molecule has 1 aromatic rings. The first-order chi connectivity index (χ1) is 19.7. The molecule has 0 bridgehead atoms. The minimum Gasteiger partial charge on any atom is -0.346 e. The van der Waals surface area contributed by atoms with Crippen LogP contribution < -0.4 is 21.3 Å². The van der Waals surface area contributed by atoms with E-state index in [9.17, 15) is 28.8 Å². The van der Waals surface area contributed by atoms with E-state index < -0.39 is 58.5 Å². The third kappa shape index (κ3) is 9.38. The second-order valence-corrected chi connectivity index (χ2v) is 13.5. The lowest BCUT2D eigenvalue weighted by molar-refractivity contribution is -0.143. The Balaban J connectivity index is 2.18. The Morgan fingerprint density at radius 2 is 1.86 bits per heavy atom. The molecule has 4 atom stereocenters. The summed E-state index contributed by atoms with van der Waals surface area (Å²) in [5.41, 5.74) is -0.746. The average Bonchev–Trinajstić information content (AvgIpc) is 3.64. The third-order valence-electron chi connectivity index (χ3n) is 6.58. The zero-order valence-corrected chi connectivity index (χ0v) is 26.7. The topological polar surface area (TPSA) is 167 Å². The van der Waals surface area contributed by atoms with Crippen LogP contribution in [-0.2, 0) is 19.2 Å². The van der Waals surface area contributed by atoms with Gasteiger partial charge in [-0.3, -0.25) is 24.0 Å². The maximum absolute atomic E-state index is 13.8. The lowest BCUT2D eigenvalue weighted by atomic mass is 9.85. The van der Waals surface area contributed by atoms with Gasteiger partial charge in [0.05, 0.1) is 6.04 Å². The number of thiazole rings is 1. The van der Waals surface area contributed by atoms with Crippen molar-refractivity contribution in [1.29, 1.82) is 0 Å². The number of nitrogens with zero attached hydrogens (tertiary/aromatic N) is 2. The minimum absolute atomic E-state index is 0.110. The van der Waals surface area contributed by atoms with Crippen molar-refractivity contribution < 1.29 is 28.8 Å². The van der Waals surface area contributed by atoms with Crippen LogP contribution in [0.1, 0.15) is 64.2 Å². The summed E-state index contributed by atoms with van der Waals surface area (Å²) in [6, 6.07) is -3.46. The largest absolute Gasteiger partial charge is 0.346 e. The minimum atomic E-state index is -1.12. The summed E-state index contributed by atoms with van der Waals surface area (Å²) in [4.78, 5) is 83.6. The number of hydrogen-bond donors (Lipinski definition) is 4. The number of Topliss-reactive ketones (excluding diaryl/α,β-unsaturated/α-hetero) is 2. The third-order valence-corrected chi connectivity index (χ3v) is 8.37. The molecule has 1 aliphatic heterocycles. The summed E-state index contributed by atoms with van der Waals surface area (Å²) in [5.74, 6) is -2.75. The molecule has 2 rings (SSSR count). The number of carbonyl (C=O) groups excluding carboxylic acids is 6. The maximum atomic E-state index is 13.8. The molecule has 2 heterocycles. The first-order valence-corrected chi connectivity index (χ1v) is 15.8. The molecular formula is C28H42N6O6S2. The number of rotatable bonds is 14.